The first-order valence-electron chi connectivity index (χ1n) is 5.15. The summed E-state index contributed by atoms with van der Waals surface area (Å²) in [6.07, 6.45) is 2.04. The molecule has 0 atom stereocenters. The van der Waals surface area contributed by atoms with E-state index in [2.05, 4.69) is 64.9 Å². The Bertz CT molecular complexity index is 369. The van der Waals surface area contributed by atoms with Crippen LogP contribution in [-0.4, -0.2) is 12.1 Å². The Hall–Kier alpha value is -0.0600. The van der Waals surface area contributed by atoms with E-state index in [1.807, 2.05) is 12.1 Å². The van der Waals surface area contributed by atoms with E-state index in [0.717, 1.165) is 21.4 Å². The predicted octanol–water partition coefficient (Wildman–Crippen LogP) is 4.60. The molecule has 1 N–H and O–H groups in total. The lowest BCUT2D eigenvalue weighted by Crippen LogP contribution is -2.36. The fourth-order valence-electron chi connectivity index (χ4n) is 1.13. The van der Waals surface area contributed by atoms with E-state index >= 15 is 0 Å². The molecule has 1 aromatic heterocycles. The van der Waals surface area contributed by atoms with Gasteiger partial charge in [-0.05, 0) is 71.7 Å². The van der Waals surface area contributed by atoms with Crippen molar-refractivity contribution in [2.45, 2.75) is 33.2 Å². The van der Waals surface area contributed by atoms with Gasteiger partial charge in [0.15, 0.2) is 4.67 Å². The molecule has 0 saturated heterocycles. The first kappa shape index (κ1) is 14.0. The summed E-state index contributed by atoms with van der Waals surface area (Å²) >= 11 is 6.71. The summed E-state index contributed by atoms with van der Waals surface area (Å²) in [6.45, 7) is 9.41. The molecular weight excluding hydrogens is 334 g/mol. The minimum absolute atomic E-state index is 0.138. The largest absolute Gasteiger partial charge is 0.449 e. The van der Waals surface area contributed by atoms with Crippen LogP contribution in [0.1, 0.15) is 33.5 Å². The van der Waals surface area contributed by atoms with Crippen molar-refractivity contribution in [3.05, 3.63) is 26.5 Å². The third-order valence-corrected chi connectivity index (χ3v) is 3.66. The Balaban J connectivity index is 2.63. The normalized spacial score (nSPS) is 13.2. The number of nitrogens with one attached hydrogen (secondary N) is 1. The van der Waals surface area contributed by atoms with E-state index in [1.165, 1.54) is 5.57 Å². The average Bonchev–Trinajstić information content (AvgIpc) is 2.41. The lowest BCUT2D eigenvalue weighted by Gasteiger charge is -2.20. The van der Waals surface area contributed by atoms with Gasteiger partial charge in [-0.25, -0.2) is 0 Å². The SMILES string of the molecule is CC(=Cc1cc(Br)c(Br)o1)CNC(C)(C)C. The molecule has 0 aliphatic carbocycles. The number of hydrogen-bond donors (Lipinski definition) is 1. The Kier molecular flexibility index (Phi) is 4.83. The van der Waals surface area contributed by atoms with E-state index < -0.39 is 0 Å². The zero-order chi connectivity index (χ0) is 12.3. The van der Waals surface area contributed by atoms with Crippen molar-refractivity contribution in [1.82, 2.24) is 5.32 Å². The molecule has 1 rings (SSSR count). The molecule has 0 saturated carbocycles. The topological polar surface area (TPSA) is 25.2 Å². The number of rotatable bonds is 3. The maximum Gasteiger partial charge on any atom is 0.184 e. The Morgan fingerprint density at radius 2 is 2.06 bits per heavy atom. The van der Waals surface area contributed by atoms with Crippen molar-refractivity contribution in [2.24, 2.45) is 0 Å². The van der Waals surface area contributed by atoms with E-state index in [9.17, 15) is 0 Å². The van der Waals surface area contributed by atoms with Gasteiger partial charge in [-0.2, -0.15) is 0 Å². The van der Waals surface area contributed by atoms with Crippen molar-refractivity contribution < 1.29 is 4.42 Å². The first-order valence-corrected chi connectivity index (χ1v) is 6.73. The summed E-state index contributed by atoms with van der Waals surface area (Å²) in [5, 5.41) is 3.43. The smallest absolute Gasteiger partial charge is 0.184 e. The van der Waals surface area contributed by atoms with Crippen molar-refractivity contribution in [3.63, 3.8) is 0 Å². The molecule has 0 spiro atoms. The highest BCUT2D eigenvalue weighted by atomic mass is 79.9. The highest BCUT2D eigenvalue weighted by Gasteiger charge is 2.08. The summed E-state index contributed by atoms with van der Waals surface area (Å²) in [5.41, 5.74) is 1.38. The predicted molar refractivity (Wildman–Crippen MR) is 75.5 cm³/mol. The van der Waals surface area contributed by atoms with Crippen LogP contribution in [0.2, 0.25) is 0 Å². The molecule has 0 bridgehead atoms. The van der Waals surface area contributed by atoms with Gasteiger partial charge in [0.05, 0.1) is 4.47 Å². The zero-order valence-corrected chi connectivity index (χ0v) is 13.2. The summed E-state index contributed by atoms with van der Waals surface area (Å²) in [5.74, 6) is 0.854. The molecule has 1 heterocycles. The van der Waals surface area contributed by atoms with Gasteiger partial charge in [-0.15, -0.1) is 0 Å². The maximum atomic E-state index is 5.48. The van der Waals surface area contributed by atoms with Gasteiger partial charge in [0, 0.05) is 12.1 Å². The molecule has 90 valence electrons. The highest BCUT2D eigenvalue weighted by Crippen LogP contribution is 2.27. The van der Waals surface area contributed by atoms with Gasteiger partial charge in [0.2, 0.25) is 0 Å². The Morgan fingerprint density at radius 1 is 1.44 bits per heavy atom. The van der Waals surface area contributed by atoms with Crippen molar-refractivity contribution in [2.75, 3.05) is 6.54 Å². The second-order valence-corrected chi connectivity index (χ2v) is 6.44. The van der Waals surface area contributed by atoms with Gasteiger partial charge in [0.1, 0.15) is 5.76 Å². The van der Waals surface area contributed by atoms with Crippen LogP contribution in [0.25, 0.3) is 6.08 Å². The quantitative estimate of drug-likeness (QED) is 0.861. The third kappa shape index (κ3) is 4.85. The van der Waals surface area contributed by atoms with Crippen molar-refractivity contribution >= 4 is 37.9 Å². The third-order valence-electron chi connectivity index (χ3n) is 1.95. The minimum atomic E-state index is 0.138. The molecule has 0 unspecified atom stereocenters. The molecular formula is C12H17Br2NO. The average molecular weight is 351 g/mol. The lowest BCUT2D eigenvalue weighted by molar-refractivity contribution is 0.444. The summed E-state index contributed by atoms with van der Waals surface area (Å²) in [4.78, 5) is 0. The minimum Gasteiger partial charge on any atom is -0.449 e. The molecule has 0 aromatic carbocycles. The monoisotopic (exact) mass is 349 g/mol. The molecule has 1 aromatic rings. The molecule has 0 amide bonds. The van der Waals surface area contributed by atoms with Crippen molar-refractivity contribution in [1.29, 1.82) is 0 Å². The molecule has 0 fully saturated rings. The zero-order valence-electron chi connectivity index (χ0n) is 10.0. The van der Waals surface area contributed by atoms with E-state index in [1.54, 1.807) is 0 Å². The summed E-state index contributed by atoms with van der Waals surface area (Å²) in [6, 6.07) is 1.95. The summed E-state index contributed by atoms with van der Waals surface area (Å²) in [7, 11) is 0. The van der Waals surface area contributed by atoms with Crippen LogP contribution < -0.4 is 5.32 Å². The maximum absolute atomic E-state index is 5.48. The van der Waals surface area contributed by atoms with Gasteiger partial charge >= 0.3 is 0 Å². The van der Waals surface area contributed by atoms with E-state index in [-0.39, 0.29) is 5.54 Å². The molecule has 16 heavy (non-hydrogen) atoms. The summed E-state index contributed by atoms with van der Waals surface area (Å²) < 4.78 is 7.15. The second kappa shape index (κ2) is 5.52. The number of halogens is 2. The molecule has 0 aliphatic rings. The Labute approximate surface area is 114 Å². The van der Waals surface area contributed by atoms with Crippen LogP contribution in [0, 0.1) is 0 Å². The van der Waals surface area contributed by atoms with Crippen LogP contribution in [-0.2, 0) is 0 Å². The lowest BCUT2D eigenvalue weighted by atomic mass is 10.1. The van der Waals surface area contributed by atoms with Crippen LogP contribution >= 0.6 is 31.9 Å². The standard InChI is InChI=1S/C12H17Br2NO/c1-8(7-15-12(2,3)4)5-9-6-10(13)11(14)16-9/h5-6,15H,7H2,1-4H3. The van der Waals surface area contributed by atoms with Gasteiger partial charge in [-0.1, -0.05) is 5.57 Å². The first-order chi connectivity index (χ1) is 7.28. The van der Waals surface area contributed by atoms with E-state index in [4.69, 9.17) is 4.42 Å². The van der Waals surface area contributed by atoms with Crippen LogP contribution in [0.4, 0.5) is 0 Å². The fraction of sp³-hybridized carbons (Fsp3) is 0.500. The van der Waals surface area contributed by atoms with Crippen molar-refractivity contribution in [3.8, 4) is 0 Å². The fourth-order valence-corrected chi connectivity index (χ4v) is 1.74. The van der Waals surface area contributed by atoms with Gasteiger partial charge in [-0.3, -0.25) is 0 Å². The van der Waals surface area contributed by atoms with Crippen LogP contribution in [0.3, 0.4) is 0 Å². The number of hydrogen-bond acceptors (Lipinski definition) is 2. The molecule has 4 heteroatoms. The van der Waals surface area contributed by atoms with Crippen LogP contribution in [0.5, 0.6) is 0 Å². The number of furan rings is 1. The highest BCUT2D eigenvalue weighted by molar-refractivity contribution is 9.13. The Morgan fingerprint density at radius 3 is 2.50 bits per heavy atom. The van der Waals surface area contributed by atoms with Gasteiger partial charge in [0.25, 0.3) is 0 Å². The molecule has 0 radical (unpaired) electrons. The van der Waals surface area contributed by atoms with E-state index in [0.29, 0.717) is 0 Å². The molecule has 0 aliphatic heterocycles. The van der Waals surface area contributed by atoms with Gasteiger partial charge < -0.3 is 9.73 Å². The second-order valence-electron chi connectivity index (χ2n) is 4.86. The molecule has 2 nitrogen and oxygen atoms in total. The van der Waals surface area contributed by atoms with Crippen LogP contribution in [0.15, 0.2) is 25.2 Å².